The van der Waals surface area contributed by atoms with Crippen molar-refractivity contribution in [3.8, 4) is 5.75 Å². The minimum atomic E-state index is -0.0779. The Labute approximate surface area is 148 Å². The molecular weight excluding hydrogens is 314 g/mol. The maximum atomic E-state index is 12.5. The van der Waals surface area contributed by atoms with Crippen LogP contribution >= 0.6 is 0 Å². The number of rotatable bonds is 5. The molecule has 0 unspecified atom stereocenters. The average Bonchev–Trinajstić information content (AvgIpc) is 3.12. The van der Waals surface area contributed by atoms with Gasteiger partial charge in [-0.2, -0.15) is 0 Å². The lowest BCUT2D eigenvalue weighted by Crippen LogP contribution is -2.41. The van der Waals surface area contributed by atoms with Crippen molar-refractivity contribution in [2.24, 2.45) is 5.92 Å². The molecule has 5 heteroatoms. The number of hydrogen-bond acceptors (Lipinski definition) is 3. The van der Waals surface area contributed by atoms with E-state index in [9.17, 15) is 4.79 Å². The lowest BCUT2D eigenvalue weighted by Gasteiger charge is -2.27. The number of nitrogens with zero attached hydrogens (tertiary/aromatic N) is 2. The van der Waals surface area contributed by atoms with Crippen molar-refractivity contribution in [2.75, 3.05) is 11.9 Å². The molecule has 1 aromatic carbocycles. The van der Waals surface area contributed by atoms with E-state index in [0.717, 1.165) is 17.1 Å². The molecular formula is C20H23N3O2. The number of aromatic nitrogens is 1. The summed E-state index contributed by atoms with van der Waals surface area (Å²) in [5.41, 5.74) is 1.63. The third-order valence-corrected chi connectivity index (χ3v) is 4.16. The van der Waals surface area contributed by atoms with Crippen molar-refractivity contribution < 1.29 is 9.53 Å². The van der Waals surface area contributed by atoms with Gasteiger partial charge in [0.25, 0.3) is 0 Å². The number of amides is 2. The Balaban J connectivity index is 1.54. The van der Waals surface area contributed by atoms with E-state index in [-0.39, 0.29) is 12.1 Å². The Morgan fingerprint density at radius 1 is 1.28 bits per heavy atom. The topological polar surface area (TPSA) is 54.5 Å². The van der Waals surface area contributed by atoms with Gasteiger partial charge in [0.05, 0.1) is 11.7 Å². The van der Waals surface area contributed by atoms with E-state index in [1.807, 2.05) is 53.4 Å². The van der Waals surface area contributed by atoms with Gasteiger partial charge in [-0.3, -0.25) is 4.98 Å². The zero-order valence-electron chi connectivity index (χ0n) is 14.6. The number of ether oxygens (including phenoxy) is 1. The predicted octanol–water partition coefficient (Wildman–Crippen LogP) is 4.09. The summed E-state index contributed by atoms with van der Waals surface area (Å²) >= 11 is 0. The minimum Gasteiger partial charge on any atom is -0.487 e. The van der Waals surface area contributed by atoms with Crippen LogP contribution in [0.1, 0.15) is 19.5 Å². The SMILES string of the molecule is CC(C)[C@@H]1C=CCN1C(=O)Nc1ccc(OCc2ccccn2)cc1. The fourth-order valence-electron chi connectivity index (χ4n) is 2.81. The summed E-state index contributed by atoms with van der Waals surface area (Å²) < 4.78 is 5.70. The summed E-state index contributed by atoms with van der Waals surface area (Å²) in [6.45, 7) is 5.31. The van der Waals surface area contributed by atoms with Crippen molar-refractivity contribution >= 4 is 11.7 Å². The second kappa shape index (κ2) is 7.83. The van der Waals surface area contributed by atoms with Crippen molar-refractivity contribution in [1.29, 1.82) is 0 Å². The molecule has 3 rings (SSSR count). The van der Waals surface area contributed by atoms with Crippen LogP contribution in [0.4, 0.5) is 10.5 Å². The first kappa shape index (κ1) is 17.0. The van der Waals surface area contributed by atoms with Crippen LogP contribution in [-0.4, -0.2) is 28.5 Å². The van der Waals surface area contributed by atoms with Gasteiger partial charge in [-0.25, -0.2) is 4.79 Å². The normalized spacial score (nSPS) is 16.3. The van der Waals surface area contributed by atoms with E-state index < -0.39 is 0 Å². The maximum Gasteiger partial charge on any atom is 0.322 e. The van der Waals surface area contributed by atoms with Gasteiger partial charge in [-0.15, -0.1) is 0 Å². The van der Waals surface area contributed by atoms with Crippen LogP contribution in [0.15, 0.2) is 60.8 Å². The van der Waals surface area contributed by atoms with Crippen LogP contribution in [0.3, 0.4) is 0 Å². The molecule has 1 N–H and O–H groups in total. The minimum absolute atomic E-state index is 0.0779. The van der Waals surface area contributed by atoms with Crippen LogP contribution in [0.5, 0.6) is 5.75 Å². The Morgan fingerprint density at radius 3 is 2.76 bits per heavy atom. The van der Waals surface area contributed by atoms with E-state index in [2.05, 4.69) is 30.2 Å². The molecule has 0 spiro atoms. The first-order valence-electron chi connectivity index (χ1n) is 8.50. The van der Waals surface area contributed by atoms with Crippen LogP contribution in [-0.2, 0) is 6.61 Å². The molecule has 130 valence electrons. The van der Waals surface area contributed by atoms with Gasteiger partial charge in [-0.1, -0.05) is 32.1 Å². The van der Waals surface area contributed by atoms with Gasteiger partial charge in [0, 0.05) is 18.4 Å². The first-order valence-corrected chi connectivity index (χ1v) is 8.50. The van der Waals surface area contributed by atoms with Crippen LogP contribution in [0.2, 0.25) is 0 Å². The lowest BCUT2D eigenvalue weighted by molar-refractivity contribution is 0.199. The van der Waals surface area contributed by atoms with Gasteiger partial charge < -0.3 is 15.0 Å². The highest BCUT2D eigenvalue weighted by molar-refractivity contribution is 5.90. The van der Waals surface area contributed by atoms with Gasteiger partial charge in [-0.05, 0) is 42.3 Å². The highest BCUT2D eigenvalue weighted by Crippen LogP contribution is 2.21. The third-order valence-electron chi connectivity index (χ3n) is 4.16. The summed E-state index contributed by atoms with van der Waals surface area (Å²) in [5.74, 6) is 1.14. The number of urea groups is 1. The number of hydrogen-bond donors (Lipinski definition) is 1. The summed E-state index contributed by atoms with van der Waals surface area (Å²) in [5, 5.41) is 2.95. The smallest absolute Gasteiger partial charge is 0.322 e. The summed E-state index contributed by atoms with van der Waals surface area (Å²) in [6, 6.07) is 13.2. The molecule has 1 aliphatic heterocycles. The quantitative estimate of drug-likeness (QED) is 0.836. The standard InChI is InChI=1S/C20H23N3O2/c1-15(2)19-7-5-13-23(19)20(24)22-16-8-10-18(11-9-16)25-14-17-6-3-4-12-21-17/h3-12,15,19H,13-14H2,1-2H3,(H,22,24)/t19-/m0/s1. The van der Waals surface area contributed by atoms with Crippen molar-refractivity contribution in [3.05, 3.63) is 66.5 Å². The average molecular weight is 337 g/mol. The summed E-state index contributed by atoms with van der Waals surface area (Å²) in [6.07, 6.45) is 5.88. The number of carbonyl (C=O) groups excluding carboxylic acids is 1. The zero-order chi connectivity index (χ0) is 17.6. The van der Waals surface area contributed by atoms with E-state index in [1.54, 1.807) is 6.20 Å². The molecule has 1 aliphatic rings. The molecule has 0 bridgehead atoms. The van der Waals surface area contributed by atoms with E-state index in [4.69, 9.17) is 4.74 Å². The molecule has 1 aromatic heterocycles. The van der Waals surface area contributed by atoms with Crippen LogP contribution < -0.4 is 10.1 Å². The highest BCUT2D eigenvalue weighted by atomic mass is 16.5. The van der Waals surface area contributed by atoms with E-state index in [0.29, 0.717) is 19.1 Å². The Morgan fingerprint density at radius 2 is 2.08 bits per heavy atom. The number of carbonyl (C=O) groups is 1. The summed E-state index contributed by atoms with van der Waals surface area (Å²) in [4.78, 5) is 18.5. The third kappa shape index (κ3) is 4.38. The number of benzene rings is 1. The molecule has 0 radical (unpaired) electrons. The molecule has 1 atom stereocenters. The monoisotopic (exact) mass is 337 g/mol. The van der Waals surface area contributed by atoms with E-state index >= 15 is 0 Å². The molecule has 2 heterocycles. The number of nitrogens with one attached hydrogen (secondary N) is 1. The fraction of sp³-hybridized carbons (Fsp3) is 0.300. The Kier molecular flexibility index (Phi) is 5.33. The highest BCUT2D eigenvalue weighted by Gasteiger charge is 2.26. The number of pyridine rings is 1. The molecule has 2 amide bonds. The van der Waals surface area contributed by atoms with Crippen LogP contribution in [0, 0.1) is 5.92 Å². The molecule has 0 saturated carbocycles. The Bertz CT molecular complexity index is 726. The largest absolute Gasteiger partial charge is 0.487 e. The van der Waals surface area contributed by atoms with Gasteiger partial charge in [0.15, 0.2) is 0 Å². The van der Waals surface area contributed by atoms with Gasteiger partial charge in [0.1, 0.15) is 12.4 Å². The molecule has 0 aliphatic carbocycles. The van der Waals surface area contributed by atoms with Crippen molar-refractivity contribution in [1.82, 2.24) is 9.88 Å². The van der Waals surface area contributed by atoms with Gasteiger partial charge >= 0.3 is 6.03 Å². The first-order chi connectivity index (χ1) is 12.1. The van der Waals surface area contributed by atoms with E-state index in [1.165, 1.54) is 0 Å². The van der Waals surface area contributed by atoms with Gasteiger partial charge in [0.2, 0.25) is 0 Å². The fourth-order valence-corrected chi connectivity index (χ4v) is 2.81. The summed E-state index contributed by atoms with van der Waals surface area (Å²) in [7, 11) is 0. The van der Waals surface area contributed by atoms with Crippen LogP contribution in [0.25, 0.3) is 0 Å². The predicted molar refractivity (Wildman–Crippen MR) is 98.5 cm³/mol. The molecule has 0 fully saturated rings. The van der Waals surface area contributed by atoms with Crippen molar-refractivity contribution in [3.63, 3.8) is 0 Å². The lowest BCUT2D eigenvalue weighted by atomic mass is 10.1. The molecule has 5 nitrogen and oxygen atoms in total. The maximum absolute atomic E-state index is 12.5. The molecule has 2 aromatic rings. The molecule has 0 saturated heterocycles. The number of anilines is 1. The Hall–Kier alpha value is -2.82. The molecule has 25 heavy (non-hydrogen) atoms. The van der Waals surface area contributed by atoms with Crippen molar-refractivity contribution in [2.45, 2.75) is 26.5 Å². The second-order valence-corrected chi connectivity index (χ2v) is 6.38. The zero-order valence-corrected chi connectivity index (χ0v) is 14.6. The second-order valence-electron chi connectivity index (χ2n) is 6.38.